The molecule has 7 rings (SSSR count). The van der Waals surface area contributed by atoms with Crippen LogP contribution >= 0.6 is 23.2 Å². The Hall–Kier alpha value is -4.94. The zero-order chi connectivity index (χ0) is 34.8. The molecule has 0 saturated carbocycles. The molecule has 0 amide bonds. The van der Waals surface area contributed by atoms with Crippen molar-refractivity contribution in [2.45, 2.75) is 26.4 Å². The van der Waals surface area contributed by atoms with Gasteiger partial charge in [0, 0.05) is 22.2 Å². The molecule has 2 aromatic carbocycles. The summed E-state index contributed by atoms with van der Waals surface area (Å²) < 4.78 is 21.8. The first-order chi connectivity index (χ1) is 24.2. The van der Waals surface area contributed by atoms with E-state index < -0.39 is 12.6 Å². The number of rotatable bonds is 10. The molecule has 254 valence electrons. The highest BCUT2D eigenvalue weighted by atomic mass is 35.5. The number of aliphatic hydroxyl groups excluding tert-OH is 2. The van der Waals surface area contributed by atoms with Crippen LogP contribution in [0.1, 0.15) is 36.6 Å². The molecule has 2 aliphatic heterocycles. The van der Waals surface area contributed by atoms with Gasteiger partial charge in [-0.3, -0.25) is 0 Å². The van der Waals surface area contributed by atoms with E-state index in [1.807, 2.05) is 97.1 Å². The highest BCUT2D eigenvalue weighted by Gasteiger charge is 2.17. The van der Waals surface area contributed by atoms with Crippen LogP contribution in [0.4, 0.5) is 0 Å². The fourth-order valence-corrected chi connectivity index (χ4v) is 6.06. The lowest BCUT2D eigenvalue weighted by Gasteiger charge is -2.11. The Balaban J connectivity index is 1.44. The monoisotopic (exact) mass is 710 g/mol. The summed E-state index contributed by atoms with van der Waals surface area (Å²) in [7, 11) is 0. The van der Waals surface area contributed by atoms with Gasteiger partial charge >= 0.3 is 0 Å². The SMILES string of the molecule is CC(O)OCOc1cccc(-c2c3nc(c(Cl)c4ccc([nH]4)c(-c4cccc(OCOC(C)O)c4)c4nc(c(Cl)c5ccc2[nH]5)C=C4)C=C3)c1. The number of halogens is 2. The first kappa shape index (κ1) is 33.6. The van der Waals surface area contributed by atoms with Crippen molar-refractivity contribution in [2.24, 2.45) is 0 Å². The molecule has 0 aliphatic carbocycles. The minimum Gasteiger partial charge on any atom is -0.467 e. The van der Waals surface area contributed by atoms with Gasteiger partial charge in [0.05, 0.1) is 43.9 Å². The van der Waals surface area contributed by atoms with E-state index in [0.29, 0.717) is 55.4 Å². The topological polar surface area (TPSA) is 135 Å². The molecule has 2 atom stereocenters. The summed E-state index contributed by atoms with van der Waals surface area (Å²) in [5.41, 5.74) is 8.62. The second-order valence-corrected chi connectivity index (χ2v) is 12.2. The molecular formula is C38H32Cl2N4O6. The van der Waals surface area contributed by atoms with Crippen molar-refractivity contribution >= 4 is 69.6 Å². The van der Waals surface area contributed by atoms with Gasteiger partial charge in [0.1, 0.15) is 11.5 Å². The van der Waals surface area contributed by atoms with Crippen LogP contribution in [0.3, 0.4) is 0 Å². The van der Waals surface area contributed by atoms with E-state index in [1.165, 1.54) is 13.8 Å². The normalized spacial score (nSPS) is 13.4. The van der Waals surface area contributed by atoms with Crippen LogP contribution in [0, 0.1) is 0 Å². The van der Waals surface area contributed by atoms with Crippen LogP contribution in [-0.2, 0) is 9.47 Å². The maximum absolute atomic E-state index is 9.47. The average Bonchev–Trinajstić information content (AvgIpc) is 3.93. The summed E-state index contributed by atoms with van der Waals surface area (Å²) in [6, 6.07) is 22.7. The number of hydrogen-bond donors (Lipinski definition) is 4. The Morgan fingerprint density at radius 2 is 0.980 bits per heavy atom. The minimum atomic E-state index is -0.951. The van der Waals surface area contributed by atoms with Crippen molar-refractivity contribution in [3.63, 3.8) is 0 Å². The molecule has 50 heavy (non-hydrogen) atoms. The number of benzene rings is 2. The number of ether oxygens (including phenoxy) is 4. The Morgan fingerprint density at radius 3 is 1.40 bits per heavy atom. The first-order valence-electron chi connectivity index (χ1n) is 15.8. The van der Waals surface area contributed by atoms with E-state index in [4.69, 9.17) is 52.1 Å². The fraction of sp³-hybridized carbons (Fsp3) is 0.158. The molecule has 0 radical (unpaired) electrons. The van der Waals surface area contributed by atoms with E-state index in [0.717, 1.165) is 33.3 Å². The number of fused-ring (bicyclic) bond motifs is 8. The second-order valence-electron chi connectivity index (χ2n) is 11.5. The number of aliphatic hydroxyl groups is 2. The van der Waals surface area contributed by atoms with Gasteiger partial charge in [-0.25, -0.2) is 9.97 Å². The average molecular weight is 712 g/mol. The van der Waals surface area contributed by atoms with E-state index in [1.54, 1.807) is 0 Å². The van der Waals surface area contributed by atoms with E-state index in [-0.39, 0.29) is 13.6 Å². The standard InChI is InChI=1S/C38H32Cl2N4O6/c1-21(45)47-19-49-25-7-3-5-23(17-25)35-27-9-13-31(41-27)37(39)33-15-11-29(43-33)36(24-6-4-8-26(18-24)50-20-48-22(2)46)30-12-16-34(44-30)38(40)32-14-10-28(35)42-32/h3-18,21-22,41,44-46H,19-20H2,1-2H3. The van der Waals surface area contributed by atoms with Crippen molar-refractivity contribution in [3.05, 3.63) is 106 Å². The van der Waals surface area contributed by atoms with E-state index in [2.05, 4.69) is 9.97 Å². The van der Waals surface area contributed by atoms with Gasteiger partial charge in [0.25, 0.3) is 0 Å². The molecule has 5 aromatic rings. The smallest absolute Gasteiger partial charge is 0.191 e. The Kier molecular flexibility index (Phi) is 9.73. The number of aromatic amines is 2. The molecule has 10 nitrogen and oxygen atoms in total. The fourth-order valence-electron chi connectivity index (χ4n) is 5.63. The lowest BCUT2D eigenvalue weighted by atomic mass is 10.0. The van der Waals surface area contributed by atoms with Crippen molar-refractivity contribution in [1.29, 1.82) is 0 Å². The molecule has 8 bridgehead atoms. The third kappa shape index (κ3) is 7.17. The molecule has 12 heteroatoms. The third-order valence-corrected chi connectivity index (χ3v) is 8.74. The van der Waals surface area contributed by atoms with Crippen LogP contribution in [0.5, 0.6) is 11.5 Å². The van der Waals surface area contributed by atoms with Crippen LogP contribution < -0.4 is 9.47 Å². The number of nitrogens with zero attached hydrogens (tertiary/aromatic N) is 2. The van der Waals surface area contributed by atoms with Gasteiger partial charge < -0.3 is 39.1 Å². The molecule has 2 aliphatic rings. The highest BCUT2D eigenvalue weighted by molar-refractivity contribution is 6.36. The molecule has 2 unspecified atom stereocenters. The summed E-state index contributed by atoms with van der Waals surface area (Å²) in [6.45, 7) is 2.82. The zero-order valence-corrected chi connectivity index (χ0v) is 28.5. The molecular weight excluding hydrogens is 679 g/mol. The quantitative estimate of drug-likeness (QED) is 0.104. The van der Waals surface area contributed by atoms with Crippen LogP contribution in [0.15, 0.2) is 72.8 Å². The molecule has 0 spiro atoms. The Bertz CT molecular complexity index is 2130. The van der Waals surface area contributed by atoms with E-state index in [9.17, 15) is 10.2 Å². The minimum absolute atomic E-state index is 0.110. The van der Waals surface area contributed by atoms with Gasteiger partial charge in [-0.2, -0.15) is 0 Å². The molecule has 4 N–H and O–H groups in total. The van der Waals surface area contributed by atoms with Crippen molar-refractivity contribution < 1.29 is 29.2 Å². The Labute approximate surface area is 297 Å². The van der Waals surface area contributed by atoms with Gasteiger partial charge in [-0.15, -0.1) is 0 Å². The van der Waals surface area contributed by atoms with E-state index >= 15 is 0 Å². The first-order valence-corrected chi connectivity index (χ1v) is 16.5. The number of aromatic nitrogens is 4. The number of H-pyrrole nitrogens is 2. The van der Waals surface area contributed by atoms with Gasteiger partial charge in [0.2, 0.25) is 0 Å². The van der Waals surface area contributed by atoms with Crippen LogP contribution in [-0.4, -0.2) is 56.3 Å². The van der Waals surface area contributed by atoms with Gasteiger partial charge in [0.15, 0.2) is 26.2 Å². The van der Waals surface area contributed by atoms with Gasteiger partial charge in [-0.1, -0.05) is 47.5 Å². The molecule has 0 fully saturated rings. The van der Waals surface area contributed by atoms with Crippen LogP contribution in [0.2, 0.25) is 10.0 Å². The van der Waals surface area contributed by atoms with Crippen molar-refractivity contribution in [3.8, 4) is 33.8 Å². The number of nitrogens with one attached hydrogen (secondary N) is 2. The third-order valence-electron chi connectivity index (χ3n) is 7.94. The summed E-state index contributed by atoms with van der Waals surface area (Å²) in [4.78, 5) is 16.9. The lowest BCUT2D eigenvalue weighted by Crippen LogP contribution is -2.11. The predicted molar refractivity (Wildman–Crippen MR) is 196 cm³/mol. The maximum Gasteiger partial charge on any atom is 0.191 e. The van der Waals surface area contributed by atoms with Crippen LogP contribution in [0.25, 0.3) is 68.6 Å². The summed E-state index contributed by atoms with van der Waals surface area (Å²) in [5, 5.41) is 19.8. The predicted octanol–water partition coefficient (Wildman–Crippen LogP) is 8.68. The number of hydrogen-bond acceptors (Lipinski definition) is 8. The molecule has 0 saturated heterocycles. The highest BCUT2D eigenvalue weighted by Crippen LogP contribution is 2.37. The lowest BCUT2D eigenvalue weighted by molar-refractivity contribution is -0.131. The Morgan fingerprint density at radius 1 is 0.580 bits per heavy atom. The summed E-state index contributed by atoms with van der Waals surface area (Å²) in [6.07, 6.45) is 5.68. The zero-order valence-electron chi connectivity index (χ0n) is 27.0. The summed E-state index contributed by atoms with van der Waals surface area (Å²) >= 11 is 14.1. The van der Waals surface area contributed by atoms with Gasteiger partial charge in [-0.05, 0) is 97.8 Å². The molecule has 5 heterocycles. The van der Waals surface area contributed by atoms with Crippen molar-refractivity contribution in [2.75, 3.05) is 13.6 Å². The largest absolute Gasteiger partial charge is 0.467 e. The second kappa shape index (κ2) is 14.5. The molecule has 3 aromatic heterocycles. The van der Waals surface area contributed by atoms with Crippen molar-refractivity contribution in [1.82, 2.24) is 19.9 Å². The maximum atomic E-state index is 9.47. The summed E-state index contributed by atoms with van der Waals surface area (Å²) in [5.74, 6) is 1.11.